The molecule has 2 aliphatic heterocycles. The molecule has 2 aliphatic carbocycles. The summed E-state index contributed by atoms with van der Waals surface area (Å²) < 4.78 is 64.9. The number of benzene rings is 1. The van der Waals surface area contributed by atoms with Crippen LogP contribution >= 0.6 is 0 Å². The van der Waals surface area contributed by atoms with Gasteiger partial charge in [-0.25, -0.2) is 18.2 Å². The fourth-order valence-corrected chi connectivity index (χ4v) is 9.49. The molecule has 7 atom stereocenters. The molecule has 2 saturated carbocycles. The van der Waals surface area contributed by atoms with Crippen molar-refractivity contribution in [3.63, 3.8) is 0 Å². The highest BCUT2D eigenvalue weighted by molar-refractivity contribution is 7.91. The zero-order valence-corrected chi connectivity index (χ0v) is 34.0. The molecule has 15 heteroatoms. The van der Waals surface area contributed by atoms with Crippen molar-refractivity contribution in [3.8, 4) is 11.6 Å². The van der Waals surface area contributed by atoms with E-state index in [1.54, 1.807) is 38.2 Å². The van der Waals surface area contributed by atoms with Crippen LogP contribution < -0.4 is 19.5 Å². The van der Waals surface area contributed by atoms with E-state index in [9.17, 15) is 27.9 Å². The highest BCUT2D eigenvalue weighted by Gasteiger charge is 2.63. The van der Waals surface area contributed by atoms with Gasteiger partial charge in [0, 0.05) is 33.6 Å². The number of ether oxygens (including phenoxy) is 2. The van der Waals surface area contributed by atoms with Crippen LogP contribution in [0.2, 0.25) is 0 Å². The smallest absolute Gasteiger partial charge is 0.408 e. The van der Waals surface area contributed by atoms with Crippen molar-refractivity contribution in [2.24, 2.45) is 17.8 Å². The topological polar surface area (TPSA) is 185 Å². The van der Waals surface area contributed by atoms with E-state index < -0.39 is 86.5 Å². The van der Waals surface area contributed by atoms with Crippen LogP contribution in [-0.2, 0) is 24.4 Å². The maximum atomic E-state index is 15.2. The van der Waals surface area contributed by atoms with Crippen molar-refractivity contribution < 1.29 is 46.3 Å². The van der Waals surface area contributed by atoms with Crippen LogP contribution in [0, 0.1) is 17.8 Å². The molecule has 6 rings (SSSR count). The van der Waals surface area contributed by atoms with Gasteiger partial charge in [0.15, 0.2) is 0 Å². The van der Waals surface area contributed by atoms with E-state index >= 15 is 4.79 Å². The van der Waals surface area contributed by atoms with E-state index in [2.05, 4.69) is 15.0 Å². The monoisotopic (exact) mass is 798 g/mol. The Kier molecular flexibility index (Phi) is 10.1. The third-order valence-electron chi connectivity index (χ3n) is 11.6. The molecule has 1 aromatic carbocycles. The zero-order valence-electron chi connectivity index (χ0n) is 36.2. The van der Waals surface area contributed by atoms with Crippen molar-refractivity contribution in [3.05, 3.63) is 42.6 Å². The lowest BCUT2D eigenvalue weighted by Crippen LogP contribution is -2.62. The van der Waals surface area contributed by atoms with Crippen LogP contribution in [-0.4, -0.2) is 98.8 Å². The molecule has 56 heavy (non-hydrogen) atoms. The van der Waals surface area contributed by atoms with Crippen molar-refractivity contribution >= 4 is 44.6 Å². The first-order chi connectivity index (χ1) is 27.4. The molecule has 1 aromatic heterocycles. The van der Waals surface area contributed by atoms with Gasteiger partial charge in [-0.1, -0.05) is 26.0 Å². The number of fused-ring (bicyclic) bond motifs is 3. The predicted octanol–water partition coefficient (Wildman–Crippen LogP) is 5.40. The van der Waals surface area contributed by atoms with Gasteiger partial charge < -0.3 is 24.8 Å². The van der Waals surface area contributed by atoms with Crippen LogP contribution in [0.25, 0.3) is 10.8 Å². The first kappa shape index (κ1) is 37.2. The summed E-state index contributed by atoms with van der Waals surface area (Å²) in [6.07, 6.45) is 5.03. The number of hydrogen-bond acceptors (Lipinski definition) is 9. The van der Waals surface area contributed by atoms with Crippen LogP contribution in [0.1, 0.15) is 104 Å². The summed E-state index contributed by atoms with van der Waals surface area (Å²) in [5, 5.41) is 14.9. The Morgan fingerprint density at radius 2 is 1.91 bits per heavy atom. The van der Waals surface area contributed by atoms with Gasteiger partial charge in [-0.05, 0) is 121 Å². The standard InChI is InChI=1S/C41H57N5O9S/c1-24(2)54-29-13-14-31-27(20-29)15-18-42-35(31)55-30-21-32-34(47)43-41(37(49)44-56(52,53)40(8)16-17-40)22-28(41)12-10-9-11-25(3)19-26(4)33(36(48)45(32)23-30)46(38(50)51)39(5,6)7/h10,12-15,18,20,24-26,28,30,32-33H,9,11,16-17,19,21-23H2,1-8H3,(H,43,47)(H,44,49)(H,50,51)/b12-10-/t25-,26-,28?,30-,32+,33+,41?/m1/s1/i5D3. The number of carbonyl (C=O) groups is 4. The van der Waals surface area contributed by atoms with E-state index in [0.717, 1.165) is 5.39 Å². The highest BCUT2D eigenvalue weighted by atomic mass is 32.2. The summed E-state index contributed by atoms with van der Waals surface area (Å²) >= 11 is 0. The average molecular weight is 799 g/mol. The highest BCUT2D eigenvalue weighted by Crippen LogP contribution is 2.48. The minimum Gasteiger partial charge on any atom is -0.491 e. The third-order valence-corrected chi connectivity index (χ3v) is 13.8. The van der Waals surface area contributed by atoms with Gasteiger partial charge in [0.2, 0.25) is 27.7 Å². The summed E-state index contributed by atoms with van der Waals surface area (Å²) in [5.74, 6) is -2.86. The molecule has 2 unspecified atom stereocenters. The molecule has 3 fully saturated rings. The lowest BCUT2D eigenvalue weighted by Gasteiger charge is -2.43. The molecule has 14 nitrogen and oxygen atoms in total. The number of allylic oxidation sites excluding steroid dienone is 1. The minimum absolute atomic E-state index is 0.0487. The fraction of sp³-hybridized carbons (Fsp3) is 0.634. The van der Waals surface area contributed by atoms with E-state index in [0.29, 0.717) is 48.1 Å². The number of carbonyl (C=O) groups excluding carboxylic acids is 3. The maximum absolute atomic E-state index is 15.2. The summed E-state index contributed by atoms with van der Waals surface area (Å²) in [6, 6.07) is 4.34. The Hall–Kier alpha value is -4.40. The predicted molar refractivity (Wildman–Crippen MR) is 210 cm³/mol. The van der Waals surface area contributed by atoms with E-state index in [-0.39, 0.29) is 37.3 Å². The van der Waals surface area contributed by atoms with Crippen LogP contribution in [0.15, 0.2) is 42.6 Å². The number of nitrogens with one attached hydrogen (secondary N) is 2. The lowest BCUT2D eigenvalue weighted by molar-refractivity contribution is -0.146. The first-order valence-electron chi connectivity index (χ1n) is 21.0. The molecular weight excluding hydrogens is 739 g/mol. The van der Waals surface area contributed by atoms with Gasteiger partial charge in [-0.2, -0.15) is 0 Å². The Morgan fingerprint density at radius 3 is 2.57 bits per heavy atom. The number of nitrogens with zero attached hydrogens (tertiary/aromatic N) is 3. The third kappa shape index (κ3) is 8.33. The number of sulfonamides is 1. The molecule has 0 spiro atoms. The van der Waals surface area contributed by atoms with Crippen molar-refractivity contribution in [1.29, 1.82) is 0 Å². The van der Waals surface area contributed by atoms with Crippen molar-refractivity contribution in [2.45, 2.75) is 140 Å². The molecule has 3 N–H and O–H groups in total. The molecular formula is C41H57N5O9S. The second-order valence-corrected chi connectivity index (χ2v) is 19.5. The maximum Gasteiger partial charge on any atom is 0.408 e. The molecule has 4 amide bonds. The summed E-state index contributed by atoms with van der Waals surface area (Å²) in [7, 11) is -4.07. The summed E-state index contributed by atoms with van der Waals surface area (Å²) in [5.41, 5.74) is -3.67. The molecule has 3 heterocycles. The van der Waals surface area contributed by atoms with Crippen molar-refractivity contribution in [1.82, 2.24) is 24.8 Å². The second kappa shape index (κ2) is 15.2. The van der Waals surface area contributed by atoms with Crippen molar-refractivity contribution in [2.75, 3.05) is 6.54 Å². The quantitative estimate of drug-likeness (QED) is 0.292. The van der Waals surface area contributed by atoms with Gasteiger partial charge in [-0.3, -0.25) is 24.0 Å². The average Bonchev–Trinajstić information content (AvgIpc) is 4.01. The number of amides is 4. The molecule has 0 bridgehead atoms. The molecule has 2 aromatic rings. The lowest BCUT2D eigenvalue weighted by atomic mass is 9.85. The second-order valence-electron chi connectivity index (χ2n) is 17.3. The van der Waals surface area contributed by atoms with Crippen LogP contribution in [0.3, 0.4) is 0 Å². The summed E-state index contributed by atoms with van der Waals surface area (Å²) in [6.45, 7) is 8.52. The normalized spacial score (nSPS) is 30.9. The number of aromatic nitrogens is 1. The summed E-state index contributed by atoms with van der Waals surface area (Å²) in [4.78, 5) is 63.4. The molecule has 4 aliphatic rings. The fourth-order valence-electron chi connectivity index (χ4n) is 8.17. The van der Waals surface area contributed by atoms with Gasteiger partial charge in [0.1, 0.15) is 29.5 Å². The Balaban J connectivity index is 1.41. The Morgan fingerprint density at radius 1 is 1.18 bits per heavy atom. The minimum atomic E-state index is -4.07. The first-order valence-corrected chi connectivity index (χ1v) is 21.0. The molecule has 0 radical (unpaired) electrons. The van der Waals surface area contributed by atoms with Gasteiger partial charge in [-0.15, -0.1) is 0 Å². The van der Waals surface area contributed by atoms with Crippen LogP contribution in [0.4, 0.5) is 4.79 Å². The largest absolute Gasteiger partial charge is 0.491 e. The van der Waals surface area contributed by atoms with Gasteiger partial charge >= 0.3 is 6.09 Å². The molecule has 306 valence electrons. The Labute approximate surface area is 334 Å². The number of hydrogen-bond donors (Lipinski definition) is 3. The number of carboxylic acid groups (broad SMARTS) is 1. The van der Waals surface area contributed by atoms with Gasteiger partial charge in [0.05, 0.1) is 17.4 Å². The number of pyridine rings is 1. The van der Waals surface area contributed by atoms with Gasteiger partial charge in [0.25, 0.3) is 5.91 Å². The number of rotatable bonds is 8. The van der Waals surface area contributed by atoms with E-state index in [4.69, 9.17) is 13.6 Å². The Bertz CT molecular complexity index is 2130. The SMILES string of the molecule is [2H]C([2H])([2H])C(C)(C)N(C(=O)O)[C@@H]1C(=O)N2C[C@H](Oc3nccc4cc(OC(C)C)ccc34)C[C@H]2C(=O)NC2(C(=O)NS(=O)(=O)C3(C)CC3)CC2/C=C\CC[C@@H](C)C[C@H]1C. The van der Waals surface area contributed by atoms with Crippen LogP contribution in [0.5, 0.6) is 11.6 Å². The van der Waals surface area contributed by atoms with E-state index in [1.165, 1.54) is 18.7 Å². The zero-order chi connectivity index (χ0) is 43.5. The van der Waals surface area contributed by atoms with E-state index in [1.807, 2.05) is 39.0 Å². The molecule has 1 saturated heterocycles.